The van der Waals surface area contributed by atoms with E-state index in [0.29, 0.717) is 32.1 Å². The lowest BCUT2D eigenvalue weighted by molar-refractivity contribution is -0.146. The Kier molecular flexibility index (Phi) is 6.73. The number of nitrogens with zero attached hydrogens (tertiary/aromatic N) is 1. The molecule has 23 heavy (non-hydrogen) atoms. The van der Waals surface area contributed by atoms with E-state index in [1.54, 1.807) is 4.90 Å². The zero-order chi connectivity index (χ0) is 16.7. The smallest absolute Gasteiger partial charge is 0.306 e. The van der Waals surface area contributed by atoms with Gasteiger partial charge in [-0.3, -0.25) is 9.59 Å². The second-order valence-corrected chi connectivity index (χ2v) is 6.17. The molecule has 1 aromatic rings. The highest BCUT2D eigenvalue weighted by Crippen LogP contribution is 2.22. The van der Waals surface area contributed by atoms with Gasteiger partial charge in [0.15, 0.2) is 0 Å². The number of carbonyl (C=O) groups is 2. The largest absolute Gasteiger partial charge is 0.494 e. The maximum atomic E-state index is 12.2. The minimum Gasteiger partial charge on any atom is -0.494 e. The zero-order valence-corrected chi connectivity index (χ0v) is 13.9. The number of hydrogen-bond donors (Lipinski definition) is 1. The topological polar surface area (TPSA) is 76.1 Å². The fraction of sp³-hybridized carbons (Fsp3) is 0.500. The summed E-state index contributed by atoms with van der Waals surface area (Å²) in [5, 5.41) is 8.81. The normalized spacial score (nSPS) is 17.8. The van der Waals surface area contributed by atoms with Gasteiger partial charge in [-0.15, -0.1) is 11.8 Å². The van der Waals surface area contributed by atoms with Crippen molar-refractivity contribution in [3.63, 3.8) is 0 Å². The van der Waals surface area contributed by atoms with Gasteiger partial charge in [0, 0.05) is 18.0 Å². The second-order valence-electron chi connectivity index (χ2n) is 5.12. The van der Waals surface area contributed by atoms with Crippen LogP contribution in [0.5, 0.6) is 5.75 Å². The van der Waals surface area contributed by atoms with Crippen LogP contribution in [0, 0.1) is 0 Å². The SMILES string of the molecule is CCOc1ccc(SCC(=O)N2CCOC(CC(=O)O)C2)cc1. The van der Waals surface area contributed by atoms with Crippen LogP contribution in [0.4, 0.5) is 0 Å². The van der Waals surface area contributed by atoms with Crippen LogP contribution in [0.2, 0.25) is 0 Å². The van der Waals surface area contributed by atoms with Gasteiger partial charge in [-0.2, -0.15) is 0 Å². The van der Waals surface area contributed by atoms with Gasteiger partial charge in [0.1, 0.15) is 5.75 Å². The van der Waals surface area contributed by atoms with Crippen molar-refractivity contribution in [1.82, 2.24) is 4.90 Å². The molecule has 0 saturated carbocycles. The van der Waals surface area contributed by atoms with Crippen molar-refractivity contribution in [2.75, 3.05) is 32.1 Å². The first kappa shape index (κ1) is 17.6. The molecule has 1 unspecified atom stereocenters. The molecule has 126 valence electrons. The van der Waals surface area contributed by atoms with E-state index in [1.807, 2.05) is 31.2 Å². The van der Waals surface area contributed by atoms with Gasteiger partial charge in [0.2, 0.25) is 5.91 Å². The van der Waals surface area contributed by atoms with Crippen molar-refractivity contribution in [3.05, 3.63) is 24.3 Å². The van der Waals surface area contributed by atoms with Gasteiger partial charge in [0.05, 0.1) is 31.5 Å². The predicted molar refractivity (Wildman–Crippen MR) is 86.9 cm³/mol. The van der Waals surface area contributed by atoms with E-state index in [0.717, 1.165) is 10.6 Å². The number of carboxylic acids is 1. The van der Waals surface area contributed by atoms with Gasteiger partial charge in [-0.05, 0) is 31.2 Å². The van der Waals surface area contributed by atoms with Gasteiger partial charge < -0.3 is 19.5 Å². The highest BCUT2D eigenvalue weighted by Gasteiger charge is 2.25. The molecule has 1 aromatic carbocycles. The Morgan fingerprint density at radius 2 is 2.13 bits per heavy atom. The fourth-order valence-corrected chi connectivity index (χ4v) is 3.10. The third-order valence-corrected chi connectivity index (χ3v) is 4.39. The summed E-state index contributed by atoms with van der Waals surface area (Å²) in [4.78, 5) is 25.7. The third kappa shape index (κ3) is 5.76. The summed E-state index contributed by atoms with van der Waals surface area (Å²) < 4.78 is 10.8. The third-order valence-electron chi connectivity index (χ3n) is 3.39. The van der Waals surface area contributed by atoms with E-state index < -0.39 is 12.1 Å². The summed E-state index contributed by atoms with van der Waals surface area (Å²) in [6.07, 6.45) is -0.490. The summed E-state index contributed by atoms with van der Waals surface area (Å²) in [6.45, 7) is 3.80. The molecule has 1 amide bonds. The van der Waals surface area contributed by atoms with Gasteiger partial charge in [-0.25, -0.2) is 0 Å². The molecule has 1 N–H and O–H groups in total. The minimum absolute atomic E-state index is 0.00238. The Hall–Kier alpha value is -1.73. The minimum atomic E-state index is -0.909. The van der Waals surface area contributed by atoms with Crippen molar-refractivity contribution >= 4 is 23.6 Å². The van der Waals surface area contributed by atoms with Crippen molar-refractivity contribution in [2.24, 2.45) is 0 Å². The molecule has 2 rings (SSSR count). The number of morpholine rings is 1. The molecule has 1 aliphatic heterocycles. The Morgan fingerprint density at radius 3 is 2.78 bits per heavy atom. The zero-order valence-electron chi connectivity index (χ0n) is 13.1. The Bertz CT molecular complexity index is 534. The van der Waals surface area contributed by atoms with E-state index in [9.17, 15) is 9.59 Å². The Morgan fingerprint density at radius 1 is 1.39 bits per heavy atom. The molecule has 0 bridgehead atoms. The highest BCUT2D eigenvalue weighted by molar-refractivity contribution is 8.00. The average Bonchev–Trinajstić information content (AvgIpc) is 2.54. The van der Waals surface area contributed by atoms with Crippen LogP contribution in [0.25, 0.3) is 0 Å². The highest BCUT2D eigenvalue weighted by atomic mass is 32.2. The predicted octanol–water partition coefficient (Wildman–Crippen LogP) is 1.88. The van der Waals surface area contributed by atoms with E-state index in [4.69, 9.17) is 14.6 Å². The molecule has 1 fully saturated rings. The monoisotopic (exact) mass is 339 g/mol. The molecule has 1 saturated heterocycles. The van der Waals surface area contributed by atoms with Crippen molar-refractivity contribution in [1.29, 1.82) is 0 Å². The number of carboxylic acid groups (broad SMARTS) is 1. The molecular weight excluding hydrogens is 318 g/mol. The standard InChI is InChI=1S/C16H21NO5S/c1-2-21-12-3-5-14(6-4-12)23-11-15(18)17-7-8-22-13(10-17)9-16(19)20/h3-6,13H,2,7-11H2,1H3,(H,19,20). The summed E-state index contributed by atoms with van der Waals surface area (Å²) in [5.41, 5.74) is 0. The molecule has 0 aromatic heterocycles. The lowest BCUT2D eigenvalue weighted by Gasteiger charge is -2.32. The maximum absolute atomic E-state index is 12.2. The number of hydrogen-bond acceptors (Lipinski definition) is 5. The average molecular weight is 339 g/mol. The molecule has 0 radical (unpaired) electrons. The second kappa shape index (κ2) is 8.79. The van der Waals surface area contributed by atoms with Crippen LogP contribution in [0.15, 0.2) is 29.2 Å². The number of rotatable bonds is 7. The Labute approximate surface area is 139 Å². The van der Waals surface area contributed by atoms with Crippen LogP contribution >= 0.6 is 11.8 Å². The number of amides is 1. The number of aliphatic carboxylic acids is 1. The number of carbonyl (C=O) groups excluding carboxylic acids is 1. The summed E-state index contributed by atoms with van der Waals surface area (Å²) >= 11 is 1.46. The maximum Gasteiger partial charge on any atom is 0.306 e. The van der Waals surface area contributed by atoms with Gasteiger partial charge in [-0.1, -0.05) is 0 Å². The van der Waals surface area contributed by atoms with Crippen LogP contribution < -0.4 is 4.74 Å². The molecule has 7 heteroatoms. The molecule has 1 aliphatic rings. The number of ether oxygens (including phenoxy) is 2. The first-order valence-electron chi connectivity index (χ1n) is 7.55. The number of thioether (sulfide) groups is 1. The molecule has 0 spiro atoms. The number of benzene rings is 1. The molecule has 0 aliphatic carbocycles. The van der Waals surface area contributed by atoms with Crippen LogP contribution in [0.3, 0.4) is 0 Å². The molecule has 1 atom stereocenters. The first-order valence-corrected chi connectivity index (χ1v) is 8.54. The van der Waals surface area contributed by atoms with Crippen LogP contribution in [0.1, 0.15) is 13.3 Å². The summed E-state index contributed by atoms with van der Waals surface area (Å²) in [5.74, 6) is 0.233. The van der Waals surface area contributed by atoms with Crippen molar-refractivity contribution < 1.29 is 24.2 Å². The first-order chi connectivity index (χ1) is 11.1. The van der Waals surface area contributed by atoms with Crippen LogP contribution in [-0.4, -0.2) is 60.0 Å². The summed E-state index contributed by atoms with van der Waals surface area (Å²) in [6, 6.07) is 7.62. The van der Waals surface area contributed by atoms with E-state index in [2.05, 4.69) is 0 Å². The van der Waals surface area contributed by atoms with E-state index in [1.165, 1.54) is 11.8 Å². The summed E-state index contributed by atoms with van der Waals surface area (Å²) in [7, 11) is 0. The lowest BCUT2D eigenvalue weighted by Crippen LogP contribution is -2.46. The Balaban J connectivity index is 1.80. The van der Waals surface area contributed by atoms with Crippen LogP contribution in [-0.2, 0) is 14.3 Å². The molecule has 6 nitrogen and oxygen atoms in total. The quantitative estimate of drug-likeness (QED) is 0.765. The molecular formula is C16H21NO5S. The van der Waals surface area contributed by atoms with Gasteiger partial charge >= 0.3 is 5.97 Å². The van der Waals surface area contributed by atoms with E-state index in [-0.39, 0.29) is 12.3 Å². The molecule has 1 heterocycles. The van der Waals surface area contributed by atoms with Crippen molar-refractivity contribution in [3.8, 4) is 5.75 Å². The van der Waals surface area contributed by atoms with Crippen molar-refractivity contribution in [2.45, 2.75) is 24.3 Å². The fourth-order valence-electron chi connectivity index (χ4n) is 2.30. The van der Waals surface area contributed by atoms with Gasteiger partial charge in [0.25, 0.3) is 0 Å². The van der Waals surface area contributed by atoms with E-state index >= 15 is 0 Å². The lowest BCUT2D eigenvalue weighted by atomic mass is 10.2.